The Morgan fingerprint density at radius 2 is 1.87 bits per heavy atom. The third-order valence-electron chi connectivity index (χ3n) is 6.70. The Labute approximate surface area is 183 Å². The van der Waals surface area contributed by atoms with E-state index in [4.69, 9.17) is 9.15 Å². The molecule has 31 heavy (non-hydrogen) atoms. The van der Waals surface area contributed by atoms with Crippen LogP contribution < -0.4 is 0 Å². The van der Waals surface area contributed by atoms with Crippen LogP contribution >= 0.6 is 0 Å². The molecule has 3 saturated heterocycles. The summed E-state index contributed by atoms with van der Waals surface area (Å²) < 4.78 is 10.9. The summed E-state index contributed by atoms with van der Waals surface area (Å²) in [6, 6.07) is 1.50. The molecular weight excluding hydrogens is 398 g/mol. The Bertz CT molecular complexity index is 857. The number of fused-ring (bicyclic) bond motifs is 1. The maximum Gasteiger partial charge on any atom is 0.257 e. The van der Waals surface area contributed by atoms with E-state index in [9.17, 15) is 14.4 Å². The number of carbonyl (C=O) groups is 3. The largest absolute Gasteiger partial charge is 0.466 e. The highest BCUT2D eigenvalue weighted by Gasteiger charge is 2.51. The van der Waals surface area contributed by atoms with Crippen LogP contribution in [0.25, 0.3) is 0 Å². The van der Waals surface area contributed by atoms with Gasteiger partial charge in [-0.05, 0) is 38.7 Å². The predicted octanol–water partition coefficient (Wildman–Crippen LogP) is 1.84. The van der Waals surface area contributed by atoms with Crippen molar-refractivity contribution in [2.75, 3.05) is 39.4 Å². The number of piperazine rings is 1. The number of amides is 3. The second kappa shape index (κ2) is 8.65. The normalized spacial score (nSPS) is 26.5. The van der Waals surface area contributed by atoms with Crippen molar-refractivity contribution in [1.29, 1.82) is 0 Å². The smallest absolute Gasteiger partial charge is 0.257 e. The van der Waals surface area contributed by atoms with Crippen molar-refractivity contribution in [3.05, 3.63) is 23.2 Å². The van der Waals surface area contributed by atoms with E-state index in [-0.39, 0.29) is 42.3 Å². The molecule has 3 fully saturated rings. The molecule has 8 heteroatoms. The van der Waals surface area contributed by atoms with Crippen molar-refractivity contribution in [2.45, 2.75) is 52.6 Å². The highest BCUT2D eigenvalue weighted by molar-refractivity contribution is 5.98. The lowest BCUT2D eigenvalue weighted by atomic mass is 9.90. The zero-order valence-electron chi connectivity index (χ0n) is 18.9. The second-order valence-electron chi connectivity index (χ2n) is 9.44. The average Bonchev–Trinajstić information content (AvgIpc) is 3.26. The molecule has 1 aromatic rings. The molecule has 0 aliphatic carbocycles. The molecule has 0 radical (unpaired) electrons. The quantitative estimate of drug-likeness (QED) is 0.727. The fourth-order valence-electron chi connectivity index (χ4n) is 5.36. The Balaban J connectivity index is 1.55. The zero-order chi connectivity index (χ0) is 22.3. The molecule has 1 aromatic heterocycles. The Kier molecular flexibility index (Phi) is 6.10. The highest BCUT2D eigenvalue weighted by Crippen LogP contribution is 2.38. The molecule has 0 saturated carbocycles. The summed E-state index contributed by atoms with van der Waals surface area (Å²) in [6.45, 7) is 10.7. The van der Waals surface area contributed by atoms with Crippen LogP contribution in [0.1, 0.15) is 48.6 Å². The first-order valence-corrected chi connectivity index (χ1v) is 11.3. The molecule has 8 nitrogen and oxygen atoms in total. The van der Waals surface area contributed by atoms with Crippen molar-refractivity contribution in [1.82, 2.24) is 14.7 Å². The van der Waals surface area contributed by atoms with Gasteiger partial charge in [-0.15, -0.1) is 0 Å². The van der Waals surface area contributed by atoms with E-state index in [1.54, 1.807) is 17.9 Å². The van der Waals surface area contributed by atoms with Crippen LogP contribution in [-0.2, 0) is 14.3 Å². The minimum absolute atomic E-state index is 0.0477. The fraction of sp³-hybridized carbons (Fsp3) is 0.696. The number of nitrogens with zero attached hydrogens (tertiary/aromatic N) is 3. The topological polar surface area (TPSA) is 83.3 Å². The number of aryl methyl sites for hydroxylation is 2. The molecule has 170 valence electrons. The fourth-order valence-corrected chi connectivity index (χ4v) is 5.36. The van der Waals surface area contributed by atoms with Crippen LogP contribution in [0.5, 0.6) is 0 Å². The van der Waals surface area contributed by atoms with Gasteiger partial charge in [-0.3, -0.25) is 14.4 Å². The SMILES string of the molecule is Cc1cc(C(=O)N2CC(=O)N3[C@H](C[C@@H](C(=O)N4CCOCC4)[C@H]3CC(C)C)C2)c(C)o1. The third kappa shape index (κ3) is 4.22. The van der Waals surface area contributed by atoms with Crippen molar-refractivity contribution < 1.29 is 23.5 Å². The molecular formula is C23H33N3O5. The minimum Gasteiger partial charge on any atom is -0.466 e. The van der Waals surface area contributed by atoms with Gasteiger partial charge in [0.15, 0.2) is 0 Å². The van der Waals surface area contributed by atoms with Gasteiger partial charge in [-0.2, -0.15) is 0 Å². The summed E-state index contributed by atoms with van der Waals surface area (Å²) in [5.41, 5.74) is 0.511. The van der Waals surface area contributed by atoms with E-state index < -0.39 is 0 Å². The maximum atomic E-state index is 13.4. The van der Waals surface area contributed by atoms with Gasteiger partial charge in [0.25, 0.3) is 5.91 Å². The molecule has 0 N–H and O–H groups in total. The van der Waals surface area contributed by atoms with Gasteiger partial charge in [-0.25, -0.2) is 0 Å². The molecule has 4 heterocycles. The summed E-state index contributed by atoms with van der Waals surface area (Å²) in [5, 5.41) is 0. The molecule has 0 aromatic carbocycles. The van der Waals surface area contributed by atoms with Crippen molar-refractivity contribution >= 4 is 17.7 Å². The van der Waals surface area contributed by atoms with Gasteiger partial charge in [0.1, 0.15) is 18.1 Å². The molecule has 3 amide bonds. The van der Waals surface area contributed by atoms with Crippen LogP contribution in [0, 0.1) is 25.7 Å². The average molecular weight is 432 g/mol. The maximum absolute atomic E-state index is 13.4. The highest BCUT2D eigenvalue weighted by atomic mass is 16.5. The first-order chi connectivity index (χ1) is 14.8. The summed E-state index contributed by atoms with van der Waals surface area (Å²) in [7, 11) is 0. The van der Waals surface area contributed by atoms with Gasteiger partial charge in [0.05, 0.1) is 30.7 Å². The van der Waals surface area contributed by atoms with Crippen LogP contribution in [0.4, 0.5) is 0 Å². The lowest BCUT2D eigenvalue weighted by Crippen LogP contribution is -2.58. The molecule has 0 unspecified atom stereocenters. The lowest BCUT2D eigenvalue weighted by molar-refractivity contribution is -0.143. The molecule has 4 rings (SSSR count). The van der Waals surface area contributed by atoms with Gasteiger partial charge >= 0.3 is 0 Å². The second-order valence-corrected chi connectivity index (χ2v) is 9.44. The van der Waals surface area contributed by atoms with E-state index in [0.29, 0.717) is 62.3 Å². The summed E-state index contributed by atoms with van der Waals surface area (Å²) in [5.74, 6) is 1.28. The van der Waals surface area contributed by atoms with E-state index >= 15 is 0 Å². The Hall–Kier alpha value is -2.35. The molecule has 0 bridgehead atoms. The Morgan fingerprint density at radius 1 is 1.16 bits per heavy atom. The lowest BCUT2D eigenvalue weighted by Gasteiger charge is -2.40. The third-order valence-corrected chi connectivity index (χ3v) is 6.70. The number of hydrogen-bond donors (Lipinski definition) is 0. The number of carbonyl (C=O) groups excluding carboxylic acids is 3. The zero-order valence-corrected chi connectivity index (χ0v) is 18.9. The van der Waals surface area contributed by atoms with Crippen LogP contribution in [0.3, 0.4) is 0 Å². The van der Waals surface area contributed by atoms with Crippen LogP contribution in [0.15, 0.2) is 10.5 Å². The number of rotatable bonds is 4. The summed E-state index contributed by atoms with van der Waals surface area (Å²) >= 11 is 0. The predicted molar refractivity (Wildman–Crippen MR) is 113 cm³/mol. The van der Waals surface area contributed by atoms with E-state index in [0.717, 1.165) is 6.42 Å². The molecule has 3 atom stereocenters. The summed E-state index contributed by atoms with van der Waals surface area (Å²) in [4.78, 5) is 45.1. The van der Waals surface area contributed by atoms with Gasteiger partial charge < -0.3 is 23.9 Å². The molecule has 0 spiro atoms. The van der Waals surface area contributed by atoms with Crippen LogP contribution in [0.2, 0.25) is 0 Å². The molecule has 3 aliphatic rings. The van der Waals surface area contributed by atoms with E-state index in [1.807, 2.05) is 16.7 Å². The summed E-state index contributed by atoms with van der Waals surface area (Å²) in [6.07, 6.45) is 1.39. The van der Waals surface area contributed by atoms with Gasteiger partial charge in [-0.1, -0.05) is 13.8 Å². The van der Waals surface area contributed by atoms with Gasteiger partial charge in [0.2, 0.25) is 11.8 Å². The number of morpholine rings is 1. The van der Waals surface area contributed by atoms with Gasteiger partial charge in [0, 0.05) is 25.7 Å². The van der Waals surface area contributed by atoms with Crippen LogP contribution in [-0.4, -0.2) is 83.9 Å². The minimum atomic E-state index is -0.220. The standard InChI is InChI=1S/C23H33N3O5/c1-14(2)9-20-19(23(29)24-5-7-30-8-6-24)11-17-12-25(13-21(27)26(17)20)22(28)18-10-15(3)31-16(18)4/h10,14,17,19-20H,5-9,11-13H2,1-4H3/t17-,19-,20-/m1/s1. The number of furan rings is 1. The first-order valence-electron chi connectivity index (χ1n) is 11.3. The van der Waals surface area contributed by atoms with Crippen molar-refractivity contribution in [3.63, 3.8) is 0 Å². The number of hydrogen-bond acceptors (Lipinski definition) is 5. The van der Waals surface area contributed by atoms with E-state index in [2.05, 4.69) is 13.8 Å². The number of ether oxygens (including phenoxy) is 1. The van der Waals surface area contributed by atoms with Crippen molar-refractivity contribution in [3.8, 4) is 0 Å². The monoisotopic (exact) mass is 431 g/mol. The van der Waals surface area contributed by atoms with Crippen molar-refractivity contribution in [2.24, 2.45) is 11.8 Å². The van der Waals surface area contributed by atoms with E-state index in [1.165, 1.54) is 0 Å². The first kappa shape index (κ1) is 21.9. The Morgan fingerprint density at radius 3 is 2.48 bits per heavy atom. The molecule has 3 aliphatic heterocycles.